The molecule has 0 saturated carbocycles. The molecular weight excluding hydrogens is 350 g/mol. The van der Waals surface area contributed by atoms with Crippen molar-refractivity contribution < 1.29 is 10.0 Å². The summed E-state index contributed by atoms with van der Waals surface area (Å²) in [6.45, 7) is 4.34. The molecule has 0 atom stereocenters. The number of rotatable bonds is 3. The molecule has 0 spiro atoms. The molecule has 3 aromatic carbocycles. The lowest BCUT2D eigenvalue weighted by atomic mass is 9.98. The molecule has 0 aromatic heterocycles. The fourth-order valence-electron chi connectivity index (χ4n) is 3.58. The second kappa shape index (κ2) is 7.29. The van der Waals surface area contributed by atoms with Gasteiger partial charge >= 0.3 is 0 Å². The summed E-state index contributed by atoms with van der Waals surface area (Å²) in [5.41, 5.74) is 7.90. The molecule has 1 heterocycles. The van der Waals surface area contributed by atoms with Crippen molar-refractivity contribution in [3.05, 3.63) is 89.5 Å². The van der Waals surface area contributed by atoms with Crippen LogP contribution in [0, 0.1) is 0 Å². The van der Waals surface area contributed by atoms with Crippen molar-refractivity contribution in [1.82, 2.24) is 5.48 Å². The average molecular weight is 371 g/mol. The van der Waals surface area contributed by atoms with Gasteiger partial charge in [0.15, 0.2) is 0 Å². The zero-order valence-electron chi connectivity index (χ0n) is 15.8. The summed E-state index contributed by atoms with van der Waals surface area (Å²) < 4.78 is 0. The van der Waals surface area contributed by atoms with Gasteiger partial charge in [0.2, 0.25) is 0 Å². The minimum Gasteiger partial charge on any atom is -0.337 e. The summed E-state index contributed by atoms with van der Waals surface area (Å²) in [5, 5.41) is 8.84. The zero-order chi connectivity index (χ0) is 19.7. The summed E-state index contributed by atoms with van der Waals surface area (Å²) in [5.74, 6) is -0.536. The molecule has 140 valence electrons. The fraction of sp³-hybridized carbons (Fsp3) is 0.130. The standard InChI is InChI=1S/C23H21N3O2/c1-15(2)26-20-9-5-3-7-18(20)22(24-19-8-4-6-10-21(19)26)16-11-13-17(14-12-16)23(27)25-28/h3-15,28H,1-2H3,(H,25,27). The number of amides is 1. The Labute approximate surface area is 163 Å². The average Bonchev–Trinajstić information content (AvgIpc) is 2.88. The first-order valence-corrected chi connectivity index (χ1v) is 9.21. The molecule has 5 nitrogen and oxygen atoms in total. The summed E-state index contributed by atoms with van der Waals surface area (Å²) in [6, 6.07) is 23.7. The molecule has 0 radical (unpaired) electrons. The molecule has 2 N–H and O–H groups in total. The smallest absolute Gasteiger partial charge is 0.274 e. The Balaban J connectivity index is 1.93. The van der Waals surface area contributed by atoms with Crippen LogP contribution < -0.4 is 10.4 Å². The van der Waals surface area contributed by atoms with E-state index < -0.39 is 5.91 Å². The van der Waals surface area contributed by atoms with Crippen LogP contribution in [0.15, 0.2) is 77.8 Å². The van der Waals surface area contributed by atoms with Crippen LogP contribution in [0.2, 0.25) is 0 Å². The maximum atomic E-state index is 11.6. The van der Waals surface area contributed by atoms with E-state index in [1.54, 1.807) is 17.6 Å². The third kappa shape index (κ3) is 3.06. The minimum atomic E-state index is -0.536. The van der Waals surface area contributed by atoms with E-state index in [1.165, 1.54) is 0 Å². The zero-order valence-corrected chi connectivity index (χ0v) is 15.8. The van der Waals surface area contributed by atoms with Gasteiger partial charge in [-0.05, 0) is 44.2 Å². The summed E-state index contributed by atoms with van der Waals surface area (Å²) in [4.78, 5) is 18.9. The highest BCUT2D eigenvalue weighted by Crippen LogP contribution is 2.41. The SMILES string of the molecule is CC(C)N1c2ccccc2N=C(c2ccc(C(=O)NO)cc2)c2ccccc21. The Morgan fingerprint density at radius 3 is 2.25 bits per heavy atom. The van der Waals surface area contributed by atoms with Gasteiger partial charge < -0.3 is 4.90 Å². The van der Waals surface area contributed by atoms with E-state index in [2.05, 4.69) is 36.9 Å². The number of carbonyl (C=O) groups is 1. The Kier molecular flexibility index (Phi) is 4.67. The molecule has 0 fully saturated rings. The van der Waals surface area contributed by atoms with Crippen molar-refractivity contribution >= 4 is 28.7 Å². The number of hydrogen-bond acceptors (Lipinski definition) is 4. The number of fused-ring (bicyclic) bond motifs is 2. The van der Waals surface area contributed by atoms with E-state index in [-0.39, 0.29) is 6.04 Å². The molecule has 1 amide bonds. The normalized spacial score (nSPS) is 12.7. The van der Waals surface area contributed by atoms with Crippen LogP contribution in [-0.2, 0) is 0 Å². The Morgan fingerprint density at radius 1 is 0.929 bits per heavy atom. The molecule has 0 bridgehead atoms. The monoisotopic (exact) mass is 371 g/mol. The maximum Gasteiger partial charge on any atom is 0.274 e. The first kappa shape index (κ1) is 17.9. The molecule has 0 saturated heterocycles. The topological polar surface area (TPSA) is 64.9 Å². The Morgan fingerprint density at radius 2 is 1.57 bits per heavy atom. The van der Waals surface area contributed by atoms with Crippen LogP contribution in [0.5, 0.6) is 0 Å². The van der Waals surface area contributed by atoms with Crippen molar-refractivity contribution in [2.75, 3.05) is 4.90 Å². The molecule has 1 aliphatic rings. The number of hydroxylamine groups is 1. The highest BCUT2D eigenvalue weighted by atomic mass is 16.5. The number of hydrogen-bond donors (Lipinski definition) is 2. The van der Waals surface area contributed by atoms with E-state index in [9.17, 15) is 4.79 Å². The van der Waals surface area contributed by atoms with Gasteiger partial charge in [0.25, 0.3) is 5.91 Å². The molecule has 28 heavy (non-hydrogen) atoms. The molecule has 5 heteroatoms. The number of aliphatic imine (C=N–C) groups is 1. The highest BCUT2D eigenvalue weighted by Gasteiger charge is 2.25. The lowest BCUT2D eigenvalue weighted by Gasteiger charge is -2.30. The highest BCUT2D eigenvalue weighted by molar-refractivity contribution is 6.19. The lowest BCUT2D eigenvalue weighted by molar-refractivity contribution is 0.0706. The molecule has 0 aliphatic carbocycles. The van der Waals surface area contributed by atoms with Gasteiger partial charge in [-0.15, -0.1) is 0 Å². The van der Waals surface area contributed by atoms with Gasteiger partial charge in [-0.2, -0.15) is 0 Å². The van der Waals surface area contributed by atoms with E-state index in [1.807, 2.05) is 42.5 Å². The van der Waals surface area contributed by atoms with Gasteiger partial charge in [0, 0.05) is 22.7 Å². The second-order valence-corrected chi connectivity index (χ2v) is 6.95. The van der Waals surface area contributed by atoms with Crippen LogP contribution in [-0.4, -0.2) is 22.9 Å². The van der Waals surface area contributed by atoms with Gasteiger partial charge in [0.1, 0.15) is 0 Å². The van der Waals surface area contributed by atoms with Gasteiger partial charge in [-0.25, -0.2) is 10.5 Å². The van der Waals surface area contributed by atoms with Crippen molar-refractivity contribution in [2.24, 2.45) is 4.99 Å². The van der Waals surface area contributed by atoms with E-state index in [4.69, 9.17) is 10.2 Å². The van der Waals surface area contributed by atoms with Crippen LogP contribution >= 0.6 is 0 Å². The predicted octanol–water partition coefficient (Wildman–Crippen LogP) is 4.83. The van der Waals surface area contributed by atoms with E-state index in [0.717, 1.165) is 33.9 Å². The van der Waals surface area contributed by atoms with Crippen molar-refractivity contribution in [3.8, 4) is 0 Å². The summed E-state index contributed by atoms with van der Waals surface area (Å²) in [6.07, 6.45) is 0. The number of nitrogens with one attached hydrogen (secondary N) is 1. The summed E-state index contributed by atoms with van der Waals surface area (Å²) in [7, 11) is 0. The molecule has 1 aliphatic heterocycles. The number of anilines is 2. The van der Waals surface area contributed by atoms with Crippen molar-refractivity contribution in [3.63, 3.8) is 0 Å². The van der Waals surface area contributed by atoms with E-state index in [0.29, 0.717) is 5.56 Å². The largest absolute Gasteiger partial charge is 0.337 e. The van der Waals surface area contributed by atoms with Crippen molar-refractivity contribution in [1.29, 1.82) is 0 Å². The number of nitrogens with zero attached hydrogens (tertiary/aromatic N) is 2. The minimum absolute atomic E-state index is 0.257. The van der Waals surface area contributed by atoms with Crippen LogP contribution in [0.25, 0.3) is 0 Å². The lowest BCUT2D eigenvalue weighted by Crippen LogP contribution is -2.26. The van der Waals surface area contributed by atoms with Crippen LogP contribution in [0.4, 0.5) is 17.1 Å². The van der Waals surface area contributed by atoms with Gasteiger partial charge in [-0.1, -0.05) is 42.5 Å². The van der Waals surface area contributed by atoms with Gasteiger partial charge in [-0.3, -0.25) is 10.0 Å². The first-order valence-electron chi connectivity index (χ1n) is 9.21. The second-order valence-electron chi connectivity index (χ2n) is 6.95. The molecule has 3 aromatic rings. The number of benzene rings is 3. The van der Waals surface area contributed by atoms with Gasteiger partial charge in [0.05, 0.1) is 22.8 Å². The number of carbonyl (C=O) groups excluding carboxylic acids is 1. The maximum absolute atomic E-state index is 11.6. The number of para-hydroxylation sites is 3. The summed E-state index contributed by atoms with van der Waals surface area (Å²) >= 11 is 0. The Hall–Kier alpha value is -3.44. The quantitative estimate of drug-likeness (QED) is 0.512. The fourth-order valence-corrected chi connectivity index (χ4v) is 3.58. The van der Waals surface area contributed by atoms with E-state index >= 15 is 0 Å². The first-order chi connectivity index (χ1) is 13.6. The predicted molar refractivity (Wildman–Crippen MR) is 111 cm³/mol. The molecular formula is C23H21N3O2. The third-order valence-corrected chi connectivity index (χ3v) is 4.83. The van der Waals surface area contributed by atoms with Crippen molar-refractivity contribution in [2.45, 2.75) is 19.9 Å². The van der Waals surface area contributed by atoms with Crippen LogP contribution in [0.3, 0.4) is 0 Å². The Bertz CT molecular complexity index is 1060. The third-order valence-electron chi connectivity index (χ3n) is 4.83. The van der Waals surface area contributed by atoms with Crippen LogP contribution in [0.1, 0.15) is 35.3 Å². The molecule has 4 rings (SSSR count). The molecule has 0 unspecified atom stereocenters.